The normalized spacial score (nSPS) is 16.9. The molecular formula is C15H18N4O. The number of ether oxygens (including phenoxy) is 1. The summed E-state index contributed by atoms with van der Waals surface area (Å²) in [5.41, 5.74) is 1.18. The average molecular weight is 270 g/mol. The van der Waals surface area contributed by atoms with Crippen molar-refractivity contribution in [1.82, 2.24) is 9.97 Å². The molecule has 5 heteroatoms. The SMILES string of the molecule is CCNc1nccc(NC2CCOc3ccccc32)n1. The summed E-state index contributed by atoms with van der Waals surface area (Å²) in [4.78, 5) is 8.63. The molecule has 0 spiro atoms. The quantitative estimate of drug-likeness (QED) is 0.894. The summed E-state index contributed by atoms with van der Waals surface area (Å²) in [5.74, 6) is 2.44. The van der Waals surface area contributed by atoms with Crippen molar-refractivity contribution in [3.05, 3.63) is 42.1 Å². The third kappa shape index (κ3) is 2.66. The van der Waals surface area contributed by atoms with Crippen molar-refractivity contribution in [1.29, 1.82) is 0 Å². The molecule has 1 aromatic carbocycles. The van der Waals surface area contributed by atoms with Gasteiger partial charge in [0.05, 0.1) is 12.6 Å². The van der Waals surface area contributed by atoms with Gasteiger partial charge in [-0.05, 0) is 19.1 Å². The zero-order chi connectivity index (χ0) is 13.8. The van der Waals surface area contributed by atoms with Crippen LogP contribution in [0.4, 0.5) is 11.8 Å². The van der Waals surface area contributed by atoms with Crippen molar-refractivity contribution in [2.75, 3.05) is 23.8 Å². The van der Waals surface area contributed by atoms with E-state index in [-0.39, 0.29) is 6.04 Å². The van der Waals surface area contributed by atoms with Gasteiger partial charge in [0.15, 0.2) is 0 Å². The highest BCUT2D eigenvalue weighted by molar-refractivity contribution is 5.46. The van der Waals surface area contributed by atoms with E-state index in [1.807, 2.05) is 31.2 Å². The standard InChI is InChI=1S/C15H18N4O/c1-2-16-15-17-9-7-14(19-15)18-12-8-10-20-13-6-4-3-5-11(12)13/h3-7,9,12H,2,8,10H2,1H3,(H2,16,17,18,19). The van der Waals surface area contributed by atoms with E-state index >= 15 is 0 Å². The number of fused-ring (bicyclic) bond motifs is 1. The summed E-state index contributed by atoms with van der Waals surface area (Å²) in [5, 5.41) is 6.58. The number of hydrogen-bond donors (Lipinski definition) is 2. The van der Waals surface area contributed by atoms with Gasteiger partial charge in [0.2, 0.25) is 5.95 Å². The molecule has 0 bridgehead atoms. The van der Waals surface area contributed by atoms with Gasteiger partial charge in [-0.2, -0.15) is 4.98 Å². The van der Waals surface area contributed by atoms with Crippen LogP contribution in [0.25, 0.3) is 0 Å². The third-order valence-electron chi connectivity index (χ3n) is 3.27. The molecule has 2 aromatic rings. The number of anilines is 2. The van der Waals surface area contributed by atoms with Crippen molar-refractivity contribution in [3.63, 3.8) is 0 Å². The second kappa shape index (κ2) is 5.77. The van der Waals surface area contributed by atoms with E-state index in [0.29, 0.717) is 5.95 Å². The minimum atomic E-state index is 0.226. The van der Waals surface area contributed by atoms with E-state index in [9.17, 15) is 0 Å². The molecule has 20 heavy (non-hydrogen) atoms. The molecule has 104 valence electrons. The summed E-state index contributed by atoms with van der Waals surface area (Å²) in [6, 6.07) is 10.2. The van der Waals surface area contributed by atoms with Crippen LogP contribution in [0.2, 0.25) is 0 Å². The molecule has 2 heterocycles. The van der Waals surface area contributed by atoms with Crippen LogP contribution in [0.1, 0.15) is 24.9 Å². The summed E-state index contributed by atoms with van der Waals surface area (Å²) in [6.07, 6.45) is 2.69. The Morgan fingerprint density at radius 3 is 3.10 bits per heavy atom. The molecule has 5 nitrogen and oxygen atoms in total. The lowest BCUT2D eigenvalue weighted by molar-refractivity contribution is 0.274. The first-order valence-corrected chi connectivity index (χ1v) is 6.92. The van der Waals surface area contributed by atoms with Gasteiger partial charge in [0, 0.05) is 24.7 Å². The van der Waals surface area contributed by atoms with Crippen molar-refractivity contribution in [2.24, 2.45) is 0 Å². The van der Waals surface area contributed by atoms with Crippen LogP contribution in [0, 0.1) is 0 Å². The Labute approximate surface area is 118 Å². The molecule has 0 saturated carbocycles. The van der Waals surface area contributed by atoms with Gasteiger partial charge < -0.3 is 15.4 Å². The molecule has 0 amide bonds. The highest BCUT2D eigenvalue weighted by atomic mass is 16.5. The number of nitrogens with one attached hydrogen (secondary N) is 2. The monoisotopic (exact) mass is 270 g/mol. The number of aromatic nitrogens is 2. The van der Waals surface area contributed by atoms with Crippen LogP contribution >= 0.6 is 0 Å². The predicted octanol–water partition coefficient (Wildman–Crippen LogP) is 2.84. The van der Waals surface area contributed by atoms with Crippen LogP contribution in [-0.4, -0.2) is 23.1 Å². The first-order chi connectivity index (χ1) is 9.86. The van der Waals surface area contributed by atoms with Crippen LogP contribution in [0.15, 0.2) is 36.5 Å². The topological polar surface area (TPSA) is 59.1 Å². The maximum Gasteiger partial charge on any atom is 0.224 e. The van der Waals surface area contributed by atoms with Gasteiger partial charge in [-0.3, -0.25) is 0 Å². The lowest BCUT2D eigenvalue weighted by atomic mass is 10.0. The fourth-order valence-electron chi connectivity index (χ4n) is 2.35. The Balaban J connectivity index is 1.80. The van der Waals surface area contributed by atoms with Gasteiger partial charge in [0.25, 0.3) is 0 Å². The Bertz CT molecular complexity index is 588. The first kappa shape index (κ1) is 12.7. The third-order valence-corrected chi connectivity index (χ3v) is 3.27. The van der Waals surface area contributed by atoms with Gasteiger partial charge in [-0.15, -0.1) is 0 Å². The maximum absolute atomic E-state index is 5.67. The molecule has 2 N–H and O–H groups in total. The van der Waals surface area contributed by atoms with Crippen LogP contribution in [0.3, 0.4) is 0 Å². The summed E-state index contributed by atoms with van der Waals surface area (Å²) < 4.78 is 5.67. The number of hydrogen-bond acceptors (Lipinski definition) is 5. The number of benzene rings is 1. The summed E-state index contributed by atoms with van der Waals surface area (Å²) >= 11 is 0. The smallest absolute Gasteiger partial charge is 0.224 e. The second-order valence-electron chi connectivity index (χ2n) is 4.67. The zero-order valence-electron chi connectivity index (χ0n) is 11.5. The van der Waals surface area contributed by atoms with Crippen LogP contribution < -0.4 is 15.4 Å². The predicted molar refractivity (Wildman–Crippen MR) is 79.1 cm³/mol. The highest BCUT2D eigenvalue weighted by Gasteiger charge is 2.21. The van der Waals surface area contributed by atoms with Gasteiger partial charge in [0.1, 0.15) is 11.6 Å². The van der Waals surface area contributed by atoms with Gasteiger partial charge in [-0.25, -0.2) is 4.98 Å². The average Bonchev–Trinajstić information content (AvgIpc) is 2.48. The molecule has 3 rings (SSSR count). The largest absolute Gasteiger partial charge is 0.493 e. The molecule has 1 aliphatic rings. The molecule has 1 atom stereocenters. The Kier molecular flexibility index (Phi) is 3.67. The highest BCUT2D eigenvalue weighted by Crippen LogP contribution is 2.33. The fourth-order valence-corrected chi connectivity index (χ4v) is 2.35. The number of nitrogens with zero attached hydrogens (tertiary/aromatic N) is 2. The van der Waals surface area contributed by atoms with Crippen LogP contribution in [-0.2, 0) is 0 Å². The van der Waals surface area contributed by atoms with E-state index in [2.05, 4.69) is 26.7 Å². The summed E-state index contributed by atoms with van der Waals surface area (Å²) in [7, 11) is 0. The van der Waals surface area contributed by atoms with Crippen molar-refractivity contribution < 1.29 is 4.74 Å². The molecule has 1 aromatic heterocycles. The minimum Gasteiger partial charge on any atom is -0.493 e. The fraction of sp³-hybridized carbons (Fsp3) is 0.333. The number of rotatable bonds is 4. The van der Waals surface area contributed by atoms with E-state index in [4.69, 9.17) is 4.74 Å². The maximum atomic E-state index is 5.67. The molecule has 0 fully saturated rings. The van der Waals surface area contributed by atoms with E-state index in [0.717, 1.165) is 31.1 Å². The second-order valence-corrected chi connectivity index (χ2v) is 4.67. The first-order valence-electron chi connectivity index (χ1n) is 6.92. The minimum absolute atomic E-state index is 0.226. The summed E-state index contributed by atoms with van der Waals surface area (Å²) in [6.45, 7) is 3.56. The van der Waals surface area contributed by atoms with E-state index in [1.54, 1.807) is 6.20 Å². The zero-order valence-corrected chi connectivity index (χ0v) is 11.5. The van der Waals surface area contributed by atoms with Crippen molar-refractivity contribution in [3.8, 4) is 5.75 Å². The van der Waals surface area contributed by atoms with E-state index < -0.39 is 0 Å². The van der Waals surface area contributed by atoms with Crippen molar-refractivity contribution in [2.45, 2.75) is 19.4 Å². The molecule has 0 aliphatic carbocycles. The molecule has 0 radical (unpaired) electrons. The molecule has 1 unspecified atom stereocenters. The number of para-hydroxylation sites is 1. The van der Waals surface area contributed by atoms with Gasteiger partial charge in [-0.1, -0.05) is 18.2 Å². The Morgan fingerprint density at radius 2 is 2.20 bits per heavy atom. The van der Waals surface area contributed by atoms with Gasteiger partial charge >= 0.3 is 0 Å². The molecular weight excluding hydrogens is 252 g/mol. The Morgan fingerprint density at radius 1 is 1.30 bits per heavy atom. The molecule has 0 saturated heterocycles. The van der Waals surface area contributed by atoms with Crippen molar-refractivity contribution >= 4 is 11.8 Å². The van der Waals surface area contributed by atoms with E-state index in [1.165, 1.54) is 5.56 Å². The van der Waals surface area contributed by atoms with Crippen LogP contribution in [0.5, 0.6) is 5.75 Å². The molecule has 1 aliphatic heterocycles. The lowest BCUT2D eigenvalue weighted by Crippen LogP contribution is -2.21. The lowest BCUT2D eigenvalue weighted by Gasteiger charge is -2.27. The Hall–Kier alpha value is -2.30.